The highest BCUT2D eigenvalue weighted by molar-refractivity contribution is 5.89. The van der Waals surface area contributed by atoms with Crippen LogP contribution in [0.4, 0.5) is 10.5 Å². The molecular weight excluding hydrogens is 278 g/mol. The van der Waals surface area contributed by atoms with Crippen LogP contribution in [-0.4, -0.2) is 60.3 Å². The van der Waals surface area contributed by atoms with Gasteiger partial charge in [-0.2, -0.15) is 0 Å². The summed E-state index contributed by atoms with van der Waals surface area (Å²) in [6.07, 6.45) is -0.495. The van der Waals surface area contributed by atoms with Crippen LogP contribution in [0.15, 0.2) is 18.2 Å². The lowest BCUT2D eigenvalue weighted by Gasteiger charge is -2.21. The second-order valence-corrected chi connectivity index (χ2v) is 6.66. The van der Waals surface area contributed by atoms with E-state index < -0.39 is 6.10 Å². The molecule has 2 amide bonds. The number of hydrogen-bond acceptors (Lipinski definition) is 3. The number of carbonyl (C=O) groups is 1. The molecule has 0 saturated carbocycles. The molecule has 5 nitrogen and oxygen atoms in total. The maximum Gasteiger partial charge on any atom is 0.321 e. The molecular formula is C17H27N3O2. The molecule has 1 aromatic carbocycles. The van der Waals surface area contributed by atoms with Crippen LogP contribution in [0.2, 0.25) is 0 Å². The third-order valence-electron chi connectivity index (χ3n) is 4.36. The highest BCUT2D eigenvalue weighted by Crippen LogP contribution is 2.23. The zero-order chi connectivity index (χ0) is 16.4. The van der Waals surface area contributed by atoms with E-state index >= 15 is 0 Å². The number of aliphatic hydroxyl groups is 1. The van der Waals surface area contributed by atoms with Gasteiger partial charge in [-0.25, -0.2) is 4.79 Å². The van der Waals surface area contributed by atoms with Gasteiger partial charge in [0.05, 0.1) is 18.7 Å². The second kappa shape index (κ2) is 6.67. The van der Waals surface area contributed by atoms with E-state index in [0.29, 0.717) is 19.0 Å². The monoisotopic (exact) mass is 305 g/mol. The fraction of sp³-hybridized carbons (Fsp3) is 0.588. The van der Waals surface area contributed by atoms with Crippen LogP contribution in [0.5, 0.6) is 0 Å². The Morgan fingerprint density at radius 1 is 1.36 bits per heavy atom. The minimum absolute atomic E-state index is 0.00464. The third-order valence-corrected chi connectivity index (χ3v) is 4.36. The summed E-state index contributed by atoms with van der Waals surface area (Å²) in [4.78, 5) is 16.0. The van der Waals surface area contributed by atoms with Crippen LogP contribution < -0.4 is 5.32 Å². The molecule has 1 heterocycles. The molecule has 122 valence electrons. The first-order valence-corrected chi connectivity index (χ1v) is 7.80. The Morgan fingerprint density at radius 3 is 2.59 bits per heavy atom. The van der Waals surface area contributed by atoms with E-state index in [2.05, 4.69) is 26.1 Å². The zero-order valence-electron chi connectivity index (χ0n) is 14.1. The van der Waals surface area contributed by atoms with Crippen molar-refractivity contribution in [3.8, 4) is 0 Å². The minimum atomic E-state index is -0.495. The van der Waals surface area contributed by atoms with Gasteiger partial charge in [-0.05, 0) is 50.2 Å². The molecule has 0 spiro atoms. The van der Waals surface area contributed by atoms with Crippen molar-refractivity contribution in [2.45, 2.75) is 38.8 Å². The molecule has 2 N–H and O–H groups in total. The van der Waals surface area contributed by atoms with Crippen molar-refractivity contribution in [1.82, 2.24) is 9.80 Å². The van der Waals surface area contributed by atoms with Crippen molar-refractivity contribution in [2.75, 3.05) is 32.5 Å². The van der Waals surface area contributed by atoms with E-state index in [1.165, 1.54) is 11.1 Å². The molecule has 1 fully saturated rings. The van der Waals surface area contributed by atoms with Crippen LogP contribution in [0.3, 0.4) is 0 Å². The summed E-state index contributed by atoms with van der Waals surface area (Å²) in [6, 6.07) is 5.84. The average Bonchev–Trinajstić information content (AvgIpc) is 2.83. The number of nitrogens with one attached hydrogen (secondary N) is 1. The summed E-state index contributed by atoms with van der Waals surface area (Å²) in [6.45, 7) is 7.29. The molecule has 1 aliphatic heterocycles. The summed E-state index contributed by atoms with van der Waals surface area (Å²) < 4.78 is 0. The van der Waals surface area contributed by atoms with Crippen LogP contribution in [0, 0.1) is 6.92 Å². The fourth-order valence-corrected chi connectivity index (χ4v) is 2.99. The molecule has 0 aromatic heterocycles. The van der Waals surface area contributed by atoms with E-state index in [-0.39, 0.29) is 12.1 Å². The molecule has 22 heavy (non-hydrogen) atoms. The van der Waals surface area contributed by atoms with Crippen LogP contribution in [0.1, 0.15) is 30.9 Å². The normalized spacial score (nSPS) is 21.7. The number of nitrogens with zero attached hydrogens (tertiary/aromatic N) is 2. The lowest BCUT2D eigenvalue weighted by molar-refractivity contribution is 0.113. The molecule has 0 aliphatic carbocycles. The predicted octanol–water partition coefficient (Wildman–Crippen LogP) is 2.26. The number of β-amino-alcohol motifs (C(OH)–C–C–N with tert-alkyl or cyclic N) is 1. The minimum Gasteiger partial charge on any atom is -0.390 e. The van der Waals surface area contributed by atoms with E-state index in [0.717, 1.165) is 5.69 Å². The van der Waals surface area contributed by atoms with Crippen LogP contribution in [-0.2, 0) is 0 Å². The van der Waals surface area contributed by atoms with Gasteiger partial charge in [0.2, 0.25) is 0 Å². The molecule has 2 rings (SSSR count). The number of hydrogen-bond donors (Lipinski definition) is 2. The fourth-order valence-electron chi connectivity index (χ4n) is 2.99. The van der Waals surface area contributed by atoms with E-state index in [9.17, 15) is 9.90 Å². The largest absolute Gasteiger partial charge is 0.390 e. The number of urea groups is 1. The number of amides is 2. The van der Waals surface area contributed by atoms with Gasteiger partial charge < -0.3 is 20.2 Å². The number of aryl methyl sites for hydroxylation is 1. The number of anilines is 1. The molecule has 0 bridgehead atoms. The van der Waals surface area contributed by atoms with E-state index in [4.69, 9.17) is 0 Å². The van der Waals surface area contributed by atoms with Gasteiger partial charge >= 0.3 is 6.03 Å². The van der Waals surface area contributed by atoms with Gasteiger partial charge in [-0.15, -0.1) is 0 Å². The number of benzene rings is 1. The quantitative estimate of drug-likeness (QED) is 0.900. The van der Waals surface area contributed by atoms with E-state index in [1.54, 1.807) is 4.90 Å². The van der Waals surface area contributed by atoms with Crippen molar-refractivity contribution in [3.63, 3.8) is 0 Å². The summed E-state index contributed by atoms with van der Waals surface area (Å²) in [5, 5.41) is 13.0. The first kappa shape index (κ1) is 16.8. The number of likely N-dealkylation sites (N-methyl/N-ethyl adjacent to an activating group) is 1. The van der Waals surface area contributed by atoms with E-state index in [1.807, 2.05) is 37.2 Å². The number of aliphatic hydroxyl groups excluding tert-OH is 1. The van der Waals surface area contributed by atoms with Crippen molar-refractivity contribution < 1.29 is 9.90 Å². The molecule has 1 aromatic rings. The molecule has 1 saturated heterocycles. The summed E-state index contributed by atoms with van der Waals surface area (Å²) in [7, 11) is 3.84. The highest BCUT2D eigenvalue weighted by Gasteiger charge is 2.35. The number of likely N-dealkylation sites (tertiary alicyclic amines) is 1. The maximum atomic E-state index is 12.4. The Hall–Kier alpha value is -1.59. The Bertz CT molecular complexity index is 543. The first-order valence-electron chi connectivity index (χ1n) is 7.80. The zero-order valence-corrected chi connectivity index (χ0v) is 14.1. The molecule has 5 heteroatoms. The predicted molar refractivity (Wildman–Crippen MR) is 89.3 cm³/mol. The van der Waals surface area contributed by atoms with Gasteiger partial charge in [0.1, 0.15) is 0 Å². The lowest BCUT2D eigenvalue weighted by atomic mass is 9.97. The smallest absolute Gasteiger partial charge is 0.321 e. The Balaban J connectivity index is 2.05. The summed E-state index contributed by atoms with van der Waals surface area (Å²) in [5.74, 6) is 0.420. The summed E-state index contributed by atoms with van der Waals surface area (Å²) in [5.41, 5.74) is 3.28. The standard InChI is InChI=1S/C17H27N3O2/c1-11(2)14-8-13(7-6-12(14)3)18-17(22)20-9-15(19(4)5)16(21)10-20/h6-8,11,15-16,21H,9-10H2,1-5H3,(H,18,22)/t15-,16-/m1/s1. The van der Waals surface area contributed by atoms with Crippen molar-refractivity contribution in [1.29, 1.82) is 0 Å². The van der Waals surface area contributed by atoms with Gasteiger partial charge in [0.25, 0.3) is 0 Å². The Morgan fingerprint density at radius 2 is 2.05 bits per heavy atom. The third kappa shape index (κ3) is 3.59. The van der Waals surface area contributed by atoms with Gasteiger partial charge in [0, 0.05) is 12.2 Å². The van der Waals surface area contributed by atoms with Crippen molar-refractivity contribution in [2.24, 2.45) is 0 Å². The van der Waals surface area contributed by atoms with Crippen LogP contribution in [0.25, 0.3) is 0 Å². The van der Waals surface area contributed by atoms with Gasteiger partial charge in [-0.1, -0.05) is 19.9 Å². The number of rotatable bonds is 3. The molecule has 0 radical (unpaired) electrons. The SMILES string of the molecule is Cc1ccc(NC(=O)N2C[C@@H](O)[C@H](N(C)C)C2)cc1C(C)C. The van der Waals surface area contributed by atoms with Crippen LogP contribution >= 0.6 is 0 Å². The highest BCUT2D eigenvalue weighted by atomic mass is 16.3. The summed E-state index contributed by atoms with van der Waals surface area (Å²) >= 11 is 0. The van der Waals surface area contributed by atoms with Gasteiger partial charge in [0.15, 0.2) is 0 Å². The first-order chi connectivity index (χ1) is 10.3. The second-order valence-electron chi connectivity index (χ2n) is 6.66. The molecule has 1 aliphatic rings. The molecule has 0 unspecified atom stereocenters. The van der Waals surface area contributed by atoms with Crippen molar-refractivity contribution in [3.05, 3.63) is 29.3 Å². The number of carbonyl (C=O) groups excluding carboxylic acids is 1. The van der Waals surface area contributed by atoms with Crippen molar-refractivity contribution >= 4 is 11.7 Å². The maximum absolute atomic E-state index is 12.4. The Kier molecular flexibility index (Phi) is 5.08. The van der Waals surface area contributed by atoms with Gasteiger partial charge in [-0.3, -0.25) is 0 Å². The molecule has 2 atom stereocenters. The topological polar surface area (TPSA) is 55.8 Å². The lowest BCUT2D eigenvalue weighted by Crippen LogP contribution is -2.38. The Labute approximate surface area is 132 Å². The average molecular weight is 305 g/mol.